The molecule has 0 radical (unpaired) electrons. The van der Waals surface area contributed by atoms with Gasteiger partial charge in [0.15, 0.2) is 0 Å². The van der Waals surface area contributed by atoms with Crippen molar-refractivity contribution in [3.8, 4) is 0 Å². The van der Waals surface area contributed by atoms with Crippen molar-refractivity contribution < 1.29 is 0 Å². The third-order valence-corrected chi connectivity index (χ3v) is 2.85. The van der Waals surface area contributed by atoms with Gasteiger partial charge in [-0.05, 0) is 42.9 Å². The van der Waals surface area contributed by atoms with E-state index in [0.29, 0.717) is 11.6 Å². The summed E-state index contributed by atoms with van der Waals surface area (Å²) in [6.45, 7) is 10.3. The molecule has 0 aromatic heterocycles. The average molecular weight is 218 g/mol. The maximum Gasteiger partial charge on any atom is 0.0583 e. The minimum atomic E-state index is 0.475. The van der Waals surface area contributed by atoms with E-state index in [0.717, 1.165) is 18.5 Å². The Labute approximate surface area is 98.3 Å². The minimum absolute atomic E-state index is 0.475. The maximum atomic E-state index is 6.05. The van der Waals surface area contributed by atoms with E-state index in [1.165, 1.54) is 16.7 Å². The van der Waals surface area contributed by atoms with E-state index >= 15 is 0 Å². The fraction of sp³-hybridized carbons (Fsp3) is 0.429. The van der Waals surface area contributed by atoms with Crippen molar-refractivity contribution in [2.45, 2.75) is 39.5 Å². The lowest BCUT2D eigenvalue weighted by atomic mass is 9.91. The van der Waals surface area contributed by atoms with Gasteiger partial charge < -0.3 is 11.5 Å². The highest BCUT2D eigenvalue weighted by Gasteiger charge is 2.11. The minimum Gasteiger partial charge on any atom is -0.397 e. The number of hydrogen-bond acceptors (Lipinski definition) is 2. The molecule has 88 valence electrons. The second kappa shape index (κ2) is 5.06. The molecule has 0 atom stereocenters. The van der Waals surface area contributed by atoms with Crippen LogP contribution in [0.3, 0.4) is 0 Å². The van der Waals surface area contributed by atoms with Crippen molar-refractivity contribution in [3.05, 3.63) is 35.4 Å². The summed E-state index contributed by atoms with van der Waals surface area (Å²) >= 11 is 0. The van der Waals surface area contributed by atoms with Crippen LogP contribution >= 0.6 is 0 Å². The molecule has 0 spiro atoms. The highest BCUT2D eigenvalue weighted by atomic mass is 14.7. The molecule has 0 bridgehead atoms. The fourth-order valence-corrected chi connectivity index (χ4v) is 1.86. The molecule has 16 heavy (non-hydrogen) atoms. The molecule has 0 amide bonds. The third kappa shape index (κ3) is 2.78. The summed E-state index contributed by atoms with van der Waals surface area (Å²) in [6, 6.07) is 3.99. The standard InChI is InChI=1S/C14H22N2/c1-9(2)5-6-12-11(10(3)4)7-8-13(15)14(12)16/h7-8,10H,1,5-6,15-16H2,2-4H3. The normalized spacial score (nSPS) is 10.8. The van der Waals surface area contributed by atoms with Crippen LogP contribution in [0, 0.1) is 0 Å². The zero-order valence-electron chi connectivity index (χ0n) is 10.5. The van der Waals surface area contributed by atoms with Gasteiger partial charge >= 0.3 is 0 Å². The van der Waals surface area contributed by atoms with Crippen molar-refractivity contribution in [3.63, 3.8) is 0 Å². The van der Waals surface area contributed by atoms with Gasteiger partial charge in [0.25, 0.3) is 0 Å². The summed E-state index contributed by atoms with van der Waals surface area (Å²) in [6.07, 6.45) is 1.90. The summed E-state index contributed by atoms with van der Waals surface area (Å²) in [5.41, 5.74) is 17.0. The second-order valence-electron chi connectivity index (χ2n) is 4.75. The first-order valence-electron chi connectivity index (χ1n) is 5.74. The topological polar surface area (TPSA) is 52.0 Å². The first-order chi connectivity index (χ1) is 7.43. The summed E-state index contributed by atoms with van der Waals surface area (Å²) in [5.74, 6) is 0.475. The highest BCUT2D eigenvalue weighted by Crippen LogP contribution is 2.30. The first kappa shape index (κ1) is 12.6. The van der Waals surface area contributed by atoms with Crippen LogP contribution < -0.4 is 11.5 Å². The van der Waals surface area contributed by atoms with Crippen LogP contribution in [0.1, 0.15) is 44.2 Å². The quantitative estimate of drug-likeness (QED) is 0.600. The lowest BCUT2D eigenvalue weighted by molar-refractivity contribution is 0.829. The Kier molecular flexibility index (Phi) is 3.99. The van der Waals surface area contributed by atoms with Gasteiger partial charge in [-0.1, -0.05) is 25.5 Å². The number of hydrogen-bond donors (Lipinski definition) is 2. The summed E-state index contributed by atoms with van der Waals surface area (Å²) in [5, 5.41) is 0. The predicted octanol–water partition coefficient (Wildman–Crippen LogP) is 3.48. The zero-order chi connectivity index (χ0) is 12.3. The van der Waals surface area contributed by atoms with E-state index < -0.39 is 0 Å². The zero-order valence-corrected chi connectivity index (χ0v) is 10.5. The highest BCUT2D eigenvalue weighted by molar-refractivity contribution is 5.69. The van der Waals surface area contributed by atoms with Crippen molar-refractivity contribution in [2.24, 2.45) is 0 Å². The molecule has 0 aliphatic carbocycles. The van der Waals surface area contributed by atoms with E-state index in [-0.39, 0.29) is 0 Å². The maximum absolute atomic E-state index is 6.05. The molecule has 0 aliphatic heterocycles. The Bertz CT molecular complexity index is 392. The molecule has 2 heteroatoms. The monoisotopic (exact) mass is 218 g/mol. The van der Waals surface area contributed by atoms with Crippen molar-refractivity contribution >= 4 is 11.4 Å². The Morgan fingerprint density at radius 2 is 1.94 bits per heavy atom. The fourth-order valence-electron chi connectivity index (χ4n) is 1.86. The first-order valence-corrected chi connectivity index (χ1v) is 5.74. The van der Waals surface area contributed by atoms with Crippen molar-refractivity contribution in [2.75, 3.05) is 11.5 Å². The molecule has 1 aromatic rings. The van der Waals surface area contributed by atoms with Crippen LogP contribution in [-0.2, 0) is 6.42 Å². The Balaban J connectivity index is 3.10. The van der Waals surface area contributed by atoms with Crippen LogP contribution in [-0.4, -0.2) is 0 Å². The van der Waals surface area contributed by atoms with Gasteiger partial charge in [-0.3, -0.25) is 0 Å². The third-order valence-electron chi connectivity index (χ3n) is 2.85. The van der Waals surface area contributed by atoms with E-state index in [4.69, 9.17) is 11.5 Å². The van der Waals surface area contributed by atoms with E-state index in [1.54, 1.807) is 0 Å². The Morgan fingerprint density at radius 1 is 1.31 bits per heavy atom. The summed E-state index contributed by atoms with van der Waals surface area (Å²) < 4.78 is 0. The molecule has 0 saturated heterocycles. The van der Waals surface area contributed by atoms with Gasteiger partial charge in [0.05, 0.1) is 11.4 Å². The van der Waals surface area contributed by atoms with Gasteiger partial charge in [0, 0.05) is 0 Å². The van der Waals surface area contributed by atoms with E-state index in [1.807, 2.05) is 13.0 Å². The van der Waals surface area contributed by atoms with E-state index in [9.17, 15) is 0 Å². The van der Waals surface area contributed by atoms with Gasteiger partial charge in [-0.15, -0.1) is 6.58 Å². The number of anilines is 2. The molecule has 2 nitrogen and oxygen atoms in total. The smallest absolute Gasteiger partial charge is 0.0583 e. The number of allylic oxidation sites excluding steroid dienone is 1. The van der Waals surface area contributed by atoms with Crippen LogP contribution in [0.2, 0.25) is 0 Å². The number of rotatable bonds is 4. The lowest BCUT2D eigenvalue weighted by Gasteiger charge is -2.16. The van der Waals surface area contributed by atoms with Crippen LogP contribution in [0.15, 0.2) is 24.3 Å². The van der Waals surface area contributed by atoms with Crippen LogP contribution in [0.25, 0.3) is 0 Å². The molecule has 1 aromatic carbocycles. The van der Waals surface area contributed by atoms with E-state index in [2.05, 4.69) is 26.5 Å². The predicted molar refractivity (Wildman–Crippen MR) is 72.5 cm³/mol. The molecular formula is C14H22N2. The molecule has 4 N–H and O–H groups in total. The number of nitrogen functional groups attached to an aromatic ring is 2. The molecule has 0 fully saturated rings. The molecule has 0 saturated carbocycles. The molecule has 0 unspecified atom stereocenters. The SMILES string of the molecule is C=C(C)CCc1c(C(C)C)ccc(N)c1N. The average Bonchev–Trinajstić information content (AvgIpc) is 2.19. The Morgan fingerprint density at radius 3 is 2.44 bits per heavy atom. The van der Waals surface area contributed by atoms with Crippen molar-refractivity contribution in [1.29, 1.82) is 0 Å². The number of nitrogens with two attached hydrogens (primary N) is 2. The van der Waals surface area contributed by atoms with Gasteiger partial charge in [-0.25, -0.2) is 0 Å². The summed E-state index contributed by atoms with van der Waals surface area (Å²) in [7, 11) is 0. The molecule has 1 rings (SSSR count). The number of benzene rings is 1. The van der Waals surface area contributed by atoms with Gasteiger partial charge in [0.1, 0.15) is 0 Å². The molecule has 0 heterocycles. The van der Waals surface area contributed by atoms with Crippen molar-refractivity contribution in [1.82, 2.24) is 0 Å². The second-order valence-corrected chi connectivity index (χ2v) is 4.75. The van der Waals surface area contributed by atoms with Crippen LogP contribution in [0.4, 0.5) is 11.4 Å². The molecule has 0 aliphatic rings. The van der Waals surface area contributed by atoms with Gasteiger partial charge in [-0.2, -0.15) is 0 Å². The molecular weight excluding hydrogens is 196 g/mol. The largest absolute Gasteiger partial charge is 0.397 e. The summed E-state index contributed by atoms with van der Waals surface area (Å²) in [4.78, 5) is 0. The lowest BCUT2D eigenvalue weighted by Crippen LogP contribution is -2.05. The Hall–Kier alpha value is -1.44. The van der Waals surface area contributed by atoms with Crippen LogP contribution in [0.5, 0.6) is 0 Å². The van der Waals surface area contributed by atoms with Gasteiger partial charge in [0.2, 0.25) is 0 Å².